The highest BCUT2D eigenvalue weighted by Gasteiger charge is 2.12. The lowest BCUT2D eigenvalue weighted by Crippen LogP contribution is -2.31. The Labute approximate surface area is 208 Å². The predicted octanol–water partition coefficient (Wildman–Crippen LogP) is 5.19. The van der Waals surface area contributed by atoms with E-state index in [1.165, 1.54) is 64.7 Å². The highest BCUT2D eigenvalue weighted by Crippen LogP contribution is 2.23. The summed E-state index contributed by atoms with van der Waals surface area (Å²) in [4.78, 5) is 21.7. The number of pyridine rings is 1. The predicted molar refractivity (Wildman–Crippen MR) is 143 cm³/mol. The monoisotopic (exact) mass is 477 g/mol. The number of nitrogens with one attached hydrogen (secondary N) is 1. The Morgan fingerprint density at radius 1 is 0.657 bits per heavy atom. The van der Waals surface area contributed by atoms with Crippen molar-refractivity contribution in [2.24, 2.45) is 0 Å². The van der Waals surface area contributed by atoms with E-state index in [2.05, 4.69) is 14.8 Å². The van der Waals surface area contributed by atoms with Crippen molar-refractivity contribution >= 4 is 21.8 Å². The number of hydrogen-bond acceptors (Lipinski definition) is 5. The Kier molecular flexibility index (Phi) is 8.22. The Balaban J connectivity index is 1.18. The largest absolute Gasteiger partial charge is 0.494 e. The quantitative estimate of drug-likeness (QED) is 0.322. The summed E-state index contributed by atoms with van der Waals surface area (Å²) in [5.74, 6) is 1.56. The first-order valence-electron chi connectivity index (χ1n) is 13.6. The summed E-state index contributed by atoms with van der Waals surface area (Å²) in [7, 11) is 0. The minimum absolute atomic E-state index is 0.0316. The Morgan fingerprint density at radius 3 is 1.86 bits per heavy atom. The van der Waals surface area contributed by atoms with Gasteiger partial charge in [-0.15, -0.1) is 0 Å². The molecular formula is C29H39N3O3. The third-order valence-corrected chi connectivity index (χ3v) is 7.41. The first-order chi connectivity index (χ1) is 17.3. The van der Waals surface area contributed by atoms with Gasteiger partial charge < -0.3 is 24.3 Å². The van der Waals surface area contributed by atoms with Crippen molar-refractivity contribution in [1.29, 1.82) is 0 Å². The third kappa shape index (κ3) is 6.36. The lowest BCUT2D eigenvalue weighted by Gasteiger charge is -2.26. The van der Waals surface area contributed by atoms with Crippen LogP contribution in [0.25, 0.3) is 21.8 Å². The number of H-pyrrole nitrogens is 1. The summed E-state index contributed by atoms with van der Waals surface area (Å²) >= 11 is 0. The molecular weight excluding hydrogens is 438 g/mol. The van der Waals surface area contributed by atoms with Gasteiger partial charge in [0.1, 0.15) is 11.5 Å². The van der Waals surface area contributed by atoms with Gasteiger partial charge >= 0.3 is 0 Å². The maximum atomic E-state index is 13.2. The molecule has 0 spiro atoms. The summed E-state index contributed by atoms with van der Waals surface area (Å²) in [6.45, 7) is 8.41. The molecule has 2 aliphatic rings. The number of ether oxygens (including phenoxy) is 2. The van der Waals surface area contributed by atoms with Crippen LogP contribution >= 0.6 is 0 Å². The zero-order valence-electron chi connectivity index (χ0n) is 20.9. The van der Waals surface area contributed by atoms with E-state index in [1.807, 2.05) is 36.4 Å². The number of rotatable bonds is 10. The standard InChI is InChI=1S/C29H39N3O3/c33-29-25-11-9-24(35-20-8-18-32-15-5-2-6-16-32)22-28(25)30-27-12-10-23(21-26(27)29)34-19-7-17-31-13-3-1-4-14-31/h9-12,21-22H,1-8,13-20H2,(H,30,33). The number of nitrogens with zero attached hydrogens (tertiary/aromatic N) is 2. The molecule has 3 aromatic rings. The highest BCUT2D eigenvalue weighted by molar-refractivity contribution is 5.93. The first kappa shape index (κ1) is 24.1. The average Bonchev–Trinajstić information content (AvgIpc) is 2.90. The molecule has 35 heavy (non-hydrogen) atoms. The summed E-state index contributed by atoms with van der Waals surface area (Å²) in [6.07, 6.45) is 10.0. The molecule has 1 aromatic heterocycles. The van der Waals surface area contributed by atoms with Crippen molar-refractivity contribution in [3.8, 4) is 11.5 Å². The number of hydrogen-bond donors (Lipinski definition) is 1. The second-order valence-electron chi connectivity index (χ2n) is 10.1. The van der Waals surface area contributed by atoms with E-state index in [0.29, 0.717) is 24.0 Å². The maximum absolute atomic E-state index is 13.2. The van der Waals surface area contributed by atoms with Crippen molar-refractivity contribution in [3.63, 3.8) is 0 Å². The number of likely N-dealkylation sites (tertiary alicyclic amines) is 2. The fraction of sp³-hybridized carbons (Fsp3) is 0.552. The van der Waals surface area contributed by atoms with E-state index in [4.69, 9.17) is 9.47 Å². The van der Waals surface area contributed by atoms with Crippen molar-refractivity contribution in [1.82, 2.24) is 14.8 Å². The van der Waals surface area contributed by atoms with Gasteiger partial charge in [-0.3, -0.25) is 4.79 Å². The van der Waals surface area contributed by atoms with Crippen molar-refractivity contribution in [3.05, 3.63) is 46.6 Å². The Hall–Kier alpha value is -2.57. The molecule has 0 amide bonds. The van der Waals surface area contributed by atoms with Gasteiger partial charge in [0, 0.05) is 29.9 Å². The lowest BCUT2D eigenvalue weighted by molar-refractivity contribution is 0.205. The molecule has 0 unspecified atom stereocenters. The fourth-order valence-corrected chi connectivity index (χ4v) is 5.44. The van der Waals surface area contributed by atoms with Gasteiger partial charge in [0.15, 0.2) is 5.43 Å². The molecule has 0 radical (unpaired) electrons. The van der Waals surface area contributed by atoms with Crippen LogP contribution in [0.2, 0.25) is 0 Å². The molecule has 6 heteroatoms. The second-order valence-corrected chi connectivity index (χ2v) is 10.1. The molecule has 2 fully saturated rings. The van der Waals surface area contributed by atoms with Gasteiger partial charge in [-0.2, -0.15) is 0 Å². The number of benzene rings is 2. The van der Waals surface area contributed by atoms with Gasteiger partial charge in [-0.25, -0.2) is 0 Å². The van der Waals surface area contributed by atoms with Gasteiger partial charge in [0.2, 0.25) is 0 Å². The van der Waals surface area contributed by atoms with Crippen LogP contribution in [0.5, 0.6) is 11.5 Å². The molecule has 1 N–H and O–H groups in total. The van der Waals surface area contributed by atoms with Crippen LogP contribution < -0.4 is 14.9 Å². The molecule has 0 saturated carbocycles. The van der Waals surface area contributed by atoms with Crippen LogP contribution in [0.3, 0.4) is 0 Å². The Morgan fingerprint density at radius 2 is 1.23 bits per heavy atom. The third-order valence-electron chi connectivity index (χ3n) is 7.41. The summed E-state index contributed by atoms with van der Waals surface area (Å²) in [5.41, 5.74) is 1.67. The smallest absolute Gasteiger partial charge is 0.197 e. The van der Waals surface area contributed by atoms with E-state index in [1.54, 1.807) is 0 Å². The topological polar surface area (TPSA) is 57.8 Å². The zero-order valence-corrected chi connectivity index (χ0v) is 20.9. The zero-order chi connectivity index (χ0) is 23.9. The van der Waals surface area contributed by atoms with E-state index in [0.717, 1.165) is 48.5 Å². The van der Waals surface area contributed by atoms with Crippen LogP contribution in [-0.2, 0) is 0 Å². The van der Waals surface area contributed by atoms with Gasteiger partial charge in [-0.1, -0.05) is 12.8 Å². The van der Waals surface area contributed by atoms with Gasteiger partial charge in [0.05, 0.1) is 24.2 Å². The van der Waals surface area contributed by atoms with Crippen LogP contribution in [0.15, 0.2) is 41.2 Å². The maximum Gasteiger partial charge on any atom is 0.197 e. The fourth-order valence-electron chi connectivity index (χ4n) is 5.44. The van der Waals surface area contributed by atoms with Gasteiger partial charge in [-0.05, 0) is 95.0 Å². The van der Waals surface area contributed by atoms with E-state index in [-0.39, 0.29) is 5.43 Å². The summed E-state index contributed by atoms with van der Waals surface area (Å²) in [6, 6.07) is 11.5. The number of aromatic nitrogens is 1. The van der Waals surface area contributed by atoms with Crippen molar-refractivity contribution < 1.29 is 9.47 Å². The molecule has 188 valence electrons. The molecule has 2 saturated heterocycles. The average molecular weight is 478 g/mol. The number of piperidine rings is 2. The molecule has 5 rings (SSSR count). The molecule has 0 atom stereocenters. The SMILES string of the molecule is O=c1c2ccc(OCCCN3CCCCC3)cc2[nH]c2ccc(OCCCN3CCCCC3)cc12. The van der Waals surface area contributed by atoms with Crippen molar-refractivity contribution in [2.75, 3.05) is 52.5 Å². The molecule has 2 aliphatic heterocycles. The van der Waals surface area contributed by atoms with Gasteiger partial charge in [0.25, 0.3) is 0 Å². The first-order valence-corrected chi connectivity index (χ1v) is 13.6. The van der Waals surface area contributed by atoms with Crippen LogP contribution in [0, 0.1) is 0 Å². The van der Waals surface area contributed by atoms with E-state index in [9.17, 15) is 4.79 Å². The highest BCUT2D eigenvalue weighted by atomic mass is 16.5. The van der Waals surface area contributed by atoms with Crippen LogP contribution in [0.1, 0.15) is 51.4 Å². The normalized spacial score (nSPS) is 17.7. The number of fused-ring (bicyclic) bond motifs is 2. The Bertz CT molecular complexity index is 1160. The van der Waals surface area contributed by atoms with Crippen LogP contribution in [-0.4, -0.2) is 67.3 Å². The van der Waals surface area contributed by atoms with E-state index >= 15 is 0 Å². The summed E-state index contributed by atoms with van der Waals surface area (Å²) < 4.78 is 12.0. The number of aromatic amines is 1. The van der Waals surface area contributed by atoms with Crippen LogP contribution in [0.4, 0.5) is 0 Å². The molecule has 0 aliphatic carbocycles. The van der Waals surface area contributed by atoms with E-state index < -0.39 is 0 Å². The molecule has 3 heterocycles. The molecule has 2 aromatic carbocycles. The minimum atomic E-state index is 0.0316. The lowest BCUT2D eigenvalue weighted by atomic mass is 10.1. The summed E-state index contributed by atoms with van der Waals surface area (Å²) in [5, 5.41) is 1.35. The second kappa shape index (κ2) is 11.9. The minimum Gasteiger partial charge on any atom is -0.494 e. The van der Waals surface area contributed by atoms with Crippen molar-refractivity contribution in [2.45, 2.75) is 51.4 Å². The molecule has 0 bridgehead atoms. The molecule has 6 nitrogen and oxygen atoms in total.